The first-order valence-corrected chi connectivity index (χ1v) is 3.68. The molecule has 0 heterocycles. The van der Waals surface area contributed by atoms with Crippen LogP contribution in [0.3, 0.4) is 0 Å². The monoisotopic (exact) mass is 181 g/mol. The van der Waals surface area contributed by atoms with E-state index in [0.717, 1.165) is 6.07 Å². The minimum absolute atomic E-state index is 0.0499. The average molecular weight is 181 g/mol. The molecule has 0 amide bonds. The van der Waals surface area contributed by atoms with Crippen molar-refractivity contribution in [3.63, 3.8) is 0 Å². The van der Waals surface area contributed by atoms with Crippen molar-refractivity contribution in [1.82, 2.24) is 0 Å². The van der Waals surface area contributed by atoms with Gasteiger partial charge in [0.1, 0.15) is 11.5 Å². The molecule has 0 aliphatic carbocycles. The van der Waals surface area contributed by atoms with E-state index < -0.39 is 11.6 Å². The van der Waals surface area contributed by atoms with Gasteiger partial charge >= 0.3 is 0 Å². The van der Waals surface area contributed by atoms with E-state index in [4.69, 9.17) is 0 Å². The predicted octanol–water partition coefficient (Wildman–Crippen LogP) is 3.33. The molecule has 0 saturated heterocycles. The summed E-state index contributed by atoms with van der Waals surface area (Å²) in [5, 5.41) is 0. The first-order chi connectivity index (χ1) is 6.06. The molecule has 0 aliphatic rings. The summed E-state index contributed by atoms with van der Waals surface area (Å²) in [4.78, 5) is 3.48. The van der Waals surface area contributed by atoms with Crippen LogP contribution in [0.25, 0.3) is 5.57 Å². The third-order valence-electron chi connectivity index (χ3n) is 1.65. The number of hydrogen-bond donors (Lipinski definition) is 0. The summed E-state index contributed by atoms with van der Waals surface area (Å²) in [7, 11) is 0. The molecular weight excluding hydrogens is 172 g/mol. The van der Waals surface area contributed by atoms with Crippen molar-refractivity contribution in [3.05, 3.63) is 35.9 Å². The molecule has 3 heteroatoms. The highest BCUT2D eigenvalue weighted by Crippen LogP contribution is 2.28. The quantitative estimate of drug-likeness (QED) is 0.620. The molecule has 1 aromatic carbocycles. The van der Waals surface area contributed by atoms with Crippen molar-refractivity contribution < 1.29 is 8.78 Å². The molecule has 0 N–H and O–H groups in total. The topological polar surface area (TPSA) is 12.4 Å². The van der Waals surface area contributed by atoms with Crippen molar-refractivity contribution in [2.24, 2.45) is 4.99 Å². The van der Waals surface area contributed by atoms with Gasteiger partial charge in [-0.1, -0.05) is 6.58 Å². The molecule has 0 aliphatic heterocycles. The Hall–Kier alpha value is -1.51. The Kier molecular flexibility index (Phi) is 2.56. The summed E-state index contributed by atoms with van der Waals surface area (Å²) in [6, 6.07) is 1.96. The first-order valence-electron chi connectivity index (χ1n) is 3.68. The zero-order valence-corrected chi connectivity index (χ0v) is 7.27. The molecule has 0 saturated carbocycles. The van der Waals surface area contributed by atoms with Gasteiger partial charge in [-0.05, 0) is 25.3 Å². The lowest BCUT2D eigenvalue weighted by atomic mass is 10.1. The Morgan fingerprint density at radius 2 is 2.00 bits per heavy atom. The number of nitrogens with zero attached hydrogens (tertiary/aromatic N) is 1. The van der Waals surface area contributed by atoms with E-state index in [1.165, 1.54) is 6.07 Å². The van der Waals surface area contributed by atoms with Gasteiger partial charge in [-0.15, -0.1) is 0 Å². The summed E-state index contributed by atoms with van der Waals surface area (Å²) in [6.07, 6.45) is 0. The number of allylic oxidation sites excluding steroid dienone is 1. The minimum Gasteiger partial charge on any atom is -0.261 e. The zero-order chi connectivity index (χ0) is 10.0. The molecule has 1 nitrogen and oxygen atoms in total. The van der Waals surface area contributed by atoms with Crippen LogP contribution >= 0.6 is 0 Å². The minimum atomic E-state index is -0.715. The molecule has 0 unspecified atom stereocenters. The van der Waals surface area contributed by atoms with Crippen LogP contribution in [0, 0.1) is 11.6 Å². The average Bonchev–Trinajstić information content (AvgIpc) is 2.02. The normalized spacial score (nSPS) is 9.77. The van der Waals surface area contributed by atoms with E-state index in [1.807, 2.05) is 0 Å². The Labute approximate surface area is 75.4 Å². The Bertz CT molecular complexity index is 369. The van der Waals surface area contributed by atoms with E-state index in [1.54, 1.807) is 6.92 Å². The van der Waals surface area contributed by atoms with E-state index in [-0.39, 0.29) is 5.69 Å². The molecule has 0 atom stereocenters. The van der Waals surface area contributed by atoms with E-state index in [9.17, 15) is 8.78 Å². The molecule has 13 heavy (non-hydrogen) atoms. The summed E-state index contributed by atoms with van der Waals surface area (Å²) in [5.41, 5.74) is 0.960. The Balaban J connectivity index is 3.46. The number of hydrogen-bond acceptors (Lipinski definition) is 1. The van der Waals surface area contributed by atoms with Gasteiger partial charge in [-0.25, -0.2) is 8.78 Å². The number of benzene rings is 1. The fraction of sp³-hybridized carbons (Fsp3) is 0.100. The number of halogens is 2. The second-order valence-corrected chi connectivity index (χ2v) is 2.72. The van der Waals surface area contributed by atoms with Crippen LogP contribution in [0.15, 0.2) is 23.7 Å². The molecular formula is C10H9F2N. The van der Waals surface area contributed by atoms with Crippen LogP contribution in [0.1, 0.15) is 12.5 Å². The smallest absolute Gasteiger partial charge is 0.152 e. The third kappa shape index (κ3) is 1.80. The molecule has 0 radical (unpaired) electrons. The number of rotatable bonds is 2. The summed E-state index contributed by atoms with van der Waals surface area (Å²) in [5.74, 6) is -1.35. The summed E-state index contributed by atoms with van der Waals surface area (Å²) >= 11 is 0. The van der Waals surface area contributed by atoms with Gasteiger partial charge in [-0.3, -0.25) is 4.99 Å². The second kappa shape index (κ2) is 3.47. The van der Waals surface area contributed by atoms with Crippen LogP contribution in [-0.4, -0.2) is 6.72 Å². The molecule has 68 valence electrons. The third-order valence-corrected chi connectivity index (χ3v) is 1.65. The van der Waals surface area contributed by atoms with Gasteiger partial charge in [0.15, 0.2) is 5.82 Å². The summed E-state index contributed by atoms with van der Waals surface area (Å²) in [6.45, 7) is 8.46. The van der Waals surface area contributed by atoms with Crippen LogP contribution in [-0.2, 0) is 0 Å². The first kappa shape index (κ1) is 9.58. The lowest BCUT2D eigenvalue weighted by Gasteiger charge is -2.05. The van der Waals surface area contributed by atoms with E-state index >= 15 is 0 Å². The maximum Gasteiger partial charge on any atom is 0.152 e. The maximum absolute atomic E-state index is 13.1. The van der Waals surface area contributed by atoms with Crippen LogP contribution in [0.5, 0.6) is 0 Å². The van der Waals surface area contributed by atoms with Gasteiger partial charge in [0.25, 0.3) is 0 Å². The highest BCUT2D eigenvalue weighted by atomic mass is 19.1. The fourth-order valence-electron chi connectivity index (χ4n) is 1.05. The van der Waals surface area contributed by atoms with Crippen molar-refractivity contribution in [3.8, 4) is 0 Å². The standard InChI is InChI=1S/C10H9F2N/c1-6(2)8-4-7(11)5-9(12)10(8)13-3/h4-5H,1,3H2,2H3. The zero-order valence-electron chi connectivity index (χ0n) is 7.27. The van der Waals surface area contributed by atoms with Crippen molar-refractivity contribution in [2.45, 2.75) is 6.92 Å². The van der Waals surface area contributed by atoms with Crippen LogP contribution < -0.4 is 0 Å². The highest BCUT2D eigenvalue weighted by Gasteiger charge is 2.09. The molecule has 0 aromatic heterocycles. The van der Waals surface area contributed by atoms with E-state index in [0.29, 0.717) is 11.1 Å². The van der Waals surface area contributed by atoms with Crippen molar-refractivity contribution >= 4 is 18.0 Å². The maximum atomic E-state index is 13.1. The van der Waals surface area contributed by atoms with Crippen molar-refractivity contribution in [1.29, 1.82) is 0 Å². The predicted molar refractivity (Wildman–Crippen MR) is 50.3 cm³/mol. The van der Waals surface area contributed by atoms with Crippen LogP contribution in [0.2, 0.25) is 0 Å². The largest absolute Gasteiger partial charge is 0.261 e. The molecule has 1 aromatic rings. The lowest BCUT2D eigenvalue weighted by Crippen LogP contribution is -1.87. The van der Waals surface area contributed by atoms with Gasteiger partial charge in [0, 0.05) is 11.6 Å². The lowest BCUT2D eigenvalue weighted by molar-refractivity contribution is 0.584. The fourth-order valence-corrected chi connectivity index (χ4v) is 1.05. The highest BCUT2D eigenvalue weighted by molar-refractivity contribution is 5.73. The number of aliphatic imine (C=N–C) groups is 1. The molecule has 0 bridgehead atoms. The van der Waals surface area contributed by atoms with Crippen molar-refractivity contribution in [2.75, 3.05) is 0 Å². The SMILES string of the molecule is C=Nc1c(F)cc(F)cc1C(=C)C. The van der Waals surface area contributed by atoms with Gasteiger partial charge in [0.05, 0.1) is 0 Å². The van der Waals surface area contributed by atoms with Gasteiger partial charge < -0.3 is 0 Å². The Morgan fingerprint density at radius 1 is 1.38 bits per heavy atom. The molecule has 0 fully saturated rings. The summed E-state index contributed by atoms with van der Waals surface area (Å²) < 4.78 is 25.8. The Morgan fingerprint density at radius 3 is 2.46 bits per heavy atom. The van der Waals surface area contributed by atoms with Gasteiger partial charge in [-0.2, -0.15) is 0 Å². The second-order valence-electron chi connectivity index (χ2n) is 2.72. The van der Waals surface area contributed by atoms with Crippen LogP contribution in [0.4, 0.5) is 14.5 Å². The van der Waals surface area contributed by atoms with E-state index in [2.05, 4.69) is 18.3 Å². The van der Waals surface area contributed by atoms with Gasteiger partial charge in [0.2, 0.25) is 0 Å². The molecule has 1 rings (SSSR count). The molecule has 0 spiro atoms.